The van der Waals surface area contributed by atoms with Gasteiger partial charge >= 0.3 is 0 Å². The van der Waals surface area contributed by atoms with Crippen LogP contribution in [-0.4, -0.2) is 0 Å². The summed E-state index contributed by atoms with van der Waals surface area (Å²) in [5.74, 6) is 0.959. The molecule has 1 atom stereocenters. The van der Waals surface area contributed by atoms with Gasteiger partial charge in [-0.2, -0.15) is 0 Å². The predicted octanol–water partition coefficient (Wildman–Crippen LogP) is 3.18. The van der Waals surface area contributed by atoms with Crippen LogP contribution < -0.4 is 5.48 Å². The lowest BCUT2D eigenvalue weighted by Crippen LogP contribution is -2.13. The molecule has 2 aliphatic rings. The molecule has 1 aliphatic heterocycles. The molecule has 82 valence electrons. The van der Waals surface area contributed by atoms with Gasteiger partial charge in [0.1, 0.15) is 5.76 Å². The summed E-state index contributed by atoms with van der Waals surface area (Å²) in [4.78, 5) is 5.46. The number of hydrogen-bond acceptors (Lipinski definition) is 2. The van der Waals surface area contributed by atoms with Crippen LogP contribution in [0.3, 0.4) is 0 Å². The van der Waals surface area contributed by atoms with Gasteiger partial charge in [0.05, 0.1) is 6.04 Å². The smallest absolute Gasteiger partial charge is 0.145 e. The van der Waals surface area contributed by atoms with Gasteiger partial charge < -0.3 is 4.84 Å². The number of aryl methyl sites for hydroxylation is 1. The van der Waals surface area contributed by atoms with E-state index < -0.39 is 0 Å². The molecule has 1 unspecified atom stereocenters. The van der Waals surface area contributed by atoms with Crippen molar-refractivity contribution in [2.75, 3.05) is 0 Å². The van der Waals surface area contributed by atoms with E-state index in [1.54, 1.807) is 0 Å². The van der Waals surface area contributed by atoms with E-state index in [0.717, 1.165) is 5.76 Å². The van der Waals surface area contributed by atoms with E-state index in [9.17, 15) is 0 Å². The molecule has 0 spiro atoms. The van der Waals surface area contributed by atoms with Crippen molar-refractivity contribution in [3.63, 3.8) is 0 Å². The first-order valence-corrected chi connectivity index (χ1v) is 5.72. The van der Waals surface area contributed by atoms with Gasteiger partial charge in [-0.05, 0) is 43.0 Å². The molecule has 0 aromatic heterocycles. The van der Waals surface area contributed by atoms with Crippen LogP contribution in [0.1, 0.15) is 30.0 Å². The topological polar surface area (TPSA) is 21.3 Å². The highest BCUT2D eigenvalue weighted by atomic mass is 16.7. The van der Waals surface area contributed by atoms with E-state index in [1.807, 2.05) is 0 Å². The van der Waals surface area contributed by atoms with Crippen LogP contribution in [0.15, 0.2) is 47.7 Å². The van der Waals surface area contributed by atoms with Gasteiger partial charge in [0.15, 0.2) is 0 Å². The van der Waals surface area contributed by atoms with Crippen molar-refractivity contribution >= 4 is 0 Å². The maximum absolute atomic E-state index is 5.46. The van der Waals surface area contributed by atoms with Gasteiger partial charge in [0, 0.05) is 0 Å². The molecule has 0 amide bonds. The van der Waals surface area contributed by atoms with Crippen LogP contribution >= 0.6 is 0 Å². The Kier molecular flexibility index (Phi) is 2.29. The highest BCUT2D eigenvalue weighted by Gasteiger charge is 2.20. The minimum absolute atomic E-state index is 0.187. The summed E-state index contributed by atoms with van der Waals surface area (Å²) in [6.07, 6.45) is 6.75. The number of hydroxylamine groups is 1. The molecule has 1 aromatic rings. The quantitative estimate of drug-likeness (QED) is 0.814. The molecule has 1 fully saturated rings. The maximum Gasteiger partial charge on any atom is 0.145 e. The standard InChI is InChI=1S/C14H15NO/c1-10-4-2-3-5-13(10)14-9-12(16-15-14)8-11-6-7-11/h2-5,8-9,14-15H,6-7H2,1H3. The molecule has 2 heteroatoms. The molecule has 1 heterocycles. The van der Waals surface area contributed by atoms with Gasteiger partial charge in [-0.3, -0.25) is 0 Å². The van der Waals surface area contributed by atoms with Crippen LogP contribution in [-0.2, 0) is 4.84 Å². The summed E-state index contributed by atoms with van der Waals surface area (Å²) >= 11 is 0. The summed E-state index contributed by atoms with van der Waals surface area (Å²) < 4.78 is 0. The summed E-state index contributed by atoms with van der Waals surface area (Å²) in [5.41, 5.74) is 7.12. The van der Waals surface area contributed by atoms with E-state index in [-0.39, 0.29) is 6.04 Å². The molecule has 16 heavy (non-hydrogen) atoms. The van der Waals surface area contributed by atoms with Crippen LogP contribution in [0.2, 0.25) is 0 Å². The van der Waals surface area contributed by atoms with Crippen molar-refractivity contribution in [2.45, 2.75) is 25.8 Å². The van der Waals surface area contributed by atoms with Crippen molar-refractivity contribution in [1.82, 2.24) is 5.48 Å². The average Bonchev–Trinajstić information content (AvgIpc) is 2.97. The van der Waals surface area contributed by atoms with Gasteiger partial charge in [0.2, 0.25) is 0 Å². The summed E-state index contributed by atoms with van der Waals surface area (Å²) in [6, 6.07) is 8.58. The highest BCUT2D eigenvalue weighted by molar-refractivity contribution is 5.36. The second-order valence-electron chi connectivity index (χ2n) is 4.43. The Morgan fingerprint density at radius 2 is 2.12 bits per heavy atom. The number of hydrogen-bond donors (Lipinski definition) is 1. The first-order valence-electron chi connectivity index (χ1n) is 5.72. The fourth-order valence-electron chi connectivity index (χ4n) is 1.95. The van der Waals surface area contributed by atoms with E-state index in [2.05, 4.69) is 48.8 Å². The molecule has 1 N–H and O–H groups in total. The molecule has 2 nitrogen and oxygen atoms in total. The minimum atomic E-state index is 0.187. The fraction of sp³-hybridized carbons (Fsp3) is 0.286. The van der Waals surface area contributed by atoms with Crippen molar-refractivity contribution in [2.24, 2.45) is 0 Å². The minimum Gasteiger partial charge on any atom is -0.408 e. The number of nitrogens with one attached hydrogen (secondary N) is 1. The molecular weight excluding hydrogens is 198 g/mol. The lowest BCUT2D eigenvalue weighted by molar-refractivity contribution is 0.124. The van der Waals surface area contributed by atoms with Gasteiger partial charge in [-0.15, -0.1) is 5.48 Å². The van der Waals surface area contributed by atoms with Gasteiger partial charge in [-0.25, -0.2) is 0 Å². The lowest BCUT2D eigenvalue weighted by Gasteiger charge is -2.10. The SMILES string of the molecule is Cc1ccccc1C1C=C(C=C2CC2)ON1. The third-order valence-electron chi connectivity index (χ3n) is 3.04. The average molecular weight is 213 g/mol. The van der Waals surface area contributed by atoms with Crippen molar-refractivity contribution in [1.29, 1.82) is 0 Å². The number of allylic oxidation sites excluding steroid dienone is 2. The molecule has 3 rings (SSSR count). The van der Waals surface area contributed by atoms with Crippen LogP contribution in [0.25, 0.3) is 0 Å². The first kappa shape index (κ1) is 9.67. The normalized spacial score (nSPS) is 22.7. The Balaban J connectivity index is 1.84. The zero-order valence-corrected chi connectivity index (χ0v) is 9.36. The van der Waals surface area contributed by atoms with Crippen LogP contribution in [0.5, 0.6) is 0 Å². The second-order valence-corrected chi connectivity index (χ2v) is 4.43. The zero-order valence-electron chi connectivity index (χ0n) is 9.36. The van der Waals surface area contributed by atoms with Crippen molar-refractivity contribution in [3.8, 4) is 0 Å². The second kappa shape index (κ2) is 3.80. The lowest BCUT2D eigenvalue weighted by atomic mass is 10.0. The number of rotatable bonds is 2. The fourth-order valence-corrected chi connectivity index (χ4v) is 1.95. The molecule has 0 radical (unpaired) electrons. The first-order chi connectivity index (χ1) is 7.83. The molecule has 1 aromatic carbocycles. The third kappa shape index (κ3) is 1.89. The van der Waals surface area contributed by atoms with E-state index in [0.29, 0.717) is 0 Å². The Labute approximate surface area is 95.6 Å². The zero-order chi connectivity index (χ0) is 11.0. The summed E-state index contributed by atoms with van der Waals surface area (Å²) in [6.45, 7) is 2.13. The number of benzene rings is 1. The van der Waals surface area contributed by atoms with Gasteiger partial charge in [0.25, 0.3) is 0 Å². The van der Waals surface area contributed by atoms with E-state index in [4.69, 9.17) is 4.84 Å². The molecule has 0 bridgehead atoms. The van der Waals surface area contributed by atoms with E-state index in [1.165, 1.54) is 29.5 Å². The summed E-state index contributed by atoms with van der Waals surface area (Å²) in [5, 5.41) is 0. The Hall–Kier alpha value is -1.54. The third-order valence-corrected chi connectivity index (χ3v) is 3.04. The highest BCUT2D eigenvalue weighted by Crippen LogP contribution is 2.32. The van der Waals surface area contributed by atoms with Crippen molar-refractivity contribution < 1.29 is 4.84 Å². The van der Waals surface area contributed by atoms with E-state index >= 15 is 0 Å². The van der Waals surface area contributed by atoms with Gasteiger partial charge in [-0.1, -0.05) is 29.8 Å². The Bertz CT molecular complexity index is 467. The maximum atomic E-state index is 5.46. The molecule has 0 saturated heterocycles. The molecule has 1 aliphatic carbocycles. The Morgan fingerprint density at radius 3 is 2.88 bits per heavy atom. The van der Waals surface area contributed by atoms with Crippen LogP contribution in [0, 0.1) is 6.92 Å². The molecule has 1 saturated carbocycles. The largest absolute Gasteiger partial charge is 0.408 e. The molecular formula is C14H15NO. The summed E-state index contributed by atoms with van der Waals surface area (Å²) in [7, 11) is 0. The van der Waals surface area contributed by atoms with Crippen LogP contribution in [0.4, 0.5) is 0 Å². The predicted molar refractivity (Wildman–Crippen MR) is 63.5 cm³/mol. The monoisotopic (exact) mass is 213 g/mol. The van der Waals surface area contributed by atoms with Crippen molar-refractivity contribution in [3.05, 3.63) is 58.9 Å². The Morgan fingerprint density at radius 1 is 1.31 bits per heavy atom.